The first kappa shape index (κ1) is 16.8. The molecule has 26 heavy (non-hydrogen) atoms. The van der Waals surface area contributed by atoms with Gasteiger partial charge in [0.2, 0.25) is 5.88 Å². The van der Waals surface area contributed by atoms with Crippen molar-refractivity contribution in [2.24, 2.45) is 5.73 Å². The molecule has 1 saturated carbocycles. The van der Waals surface area contributed by atoms with E-state index in [0.29, 0.717) is 29.9 Å². The summed E-state index contributed by atoms with van der Waals surface area (Å²) in [4.78, 5) is 4.45. The van der Waals surface area contributed by atoms with Gasteiger partial charge in [0.1, 0.15) is 11.1 Å². The molecule has 0 saturated heterocycles. The minimum atomic E-state index is -4.58. The van der Waals surface area contributed by atoms with Gasteiger partial charge in [-0.25, -0.2) is 9.50 Å². The van der Waals surface area contributed by atoms with Crippen LogP contribution in [0.4, 0.5) is 13.2 Å². The third-order valence-corrected chi connectivity index (χ3v) is 4.52. The number of halogens is 3. The van der Waals surface area contributed by atoms with Crippen LogP contribution in [0.25, 0.3) is 16.8 Å². The normalized spacial score (nSPS) is 23.2. The zero-order valence-electron chi connectivity index (χ0n) is 14.2. The molecule has 0 aliphatic heterocycles. The van der Waals surface area contributed by atoms with Crippen molar-refractivity contribution in [3.8, 4) is 17.1 Å². The van der Waals surface area contributed by atoms with Gasteiger partial charge in [0.05, 0.1) is 24.3 Å². The van der Waals surface area contributed by atoms with Crippen LogP contribution in [0.5, 0.6) is 5.88 Å². The Kier molecular flexibility index (Phi) is 3.52. The van der Waals surface area contributed by atoms with Crippen molar-refractivity contribution >= 4 is 5.52 Å². The number of aryl methyl sites for hydroxylation is 1. The van der Waals surface area contributed by atoms with Crippen LogP contribution in [-0.4, -0.2) is 36.0 Å². The first-order valence-electron chi connectivity index (χ1n) is 8.06. The summed E-state index contributed by atoms with van der Waals surface area (Å²) in [6.07, 6.45) is 2.00. The van der Waals surface area contributed by atoms with E-state index in [9.17, 15) is 13.2 Å². The lowest BCUT2D eigenvalue weighted by Crippen LogP contribution is -2.53. The molecule has 1 fully saturated rings. The zero-order chi connectivity index (χ0) is 18.7. The maximum absolute atomic E-state index is 12.8. The second-order valence-corrected chi connectivity index (χ2v) is 6.91. The Morgan fingerprint density at radius 3 is 2.58 bits per heavy atom. The number of ether oxygens (including phenoxy) is 1. The highest BCUT2D eigenvalue weighted by molar-refractivity contribution is 5.67. The summed E-state index contributed by atoms with van der Waals surface area (Å²) in [5.41, 5.74) is 7.46. The van der Waals surface area contributed by atoms with Gasteiger partial charge in [-0.1, -0.05) is 0 Å². The van der Waals surface area contributed by atoms with E-state index in [1.807, 2.05) is 13.8 Å². The molecule has 138 valence electrons. The van der Waals surface area contributed by atoms with Gasteiger partial charge in [0.25, 0.3) is 0 Å². The van der Waals surface area contributed by atoms with Gasteiger partial charge in [0, 0.05) is 36.2 Å². The van der Waals surface area contributed by atoms with Crippen LogP contribution in [0.1, 0.15) is 25.3 Å². The molecule has 0 unspecified atom stereocenters. The fraction of sp³-hybridized carbons (Fsp3) is 0.438. The van der Waals surface area contributed by atoms with E-state index in [0.717, 1.165) is 18.0 Å². The molecule has 0 amide bonds. The maximum atomic E-state index is 12.8. The minimum Gasteiger partial charge on any atom is -0.470 e. The second kappa shape index (κ2) is 5.44. The number of hydrogen-bond acceptors (Lipinski definition) is 5. The van der Waals surface area contributed by atoms with E-state index in [1.165, 1.54) is 0 Å². The fourth-order valence-corrected chi connectivity index (χ4v) is 3.29. The van der Waals surface area contributed by atoms with E-state index in [2.05, 4.69) is 15.2 Å². The Bertz CT molecular complexity index is 970. The average Bonchev–Trinajstić information content (AvgIpc) is 3.12. The molecule has 2 N–H and O–H groups in total. The van der Waals surface area contributed by atoms with E-state index in [4.69, 9.17) is 10.5 Å². The van der Waals surface area contributed by atoms with Gasteiger partial charge in [-0.2, -0.15) is 14.9 Å². The topological polar surface area (TPSA) is 83.3 Å². The summed E-state index contributed by atoms with van der Waals surface area (Å²) in [7, 11) is 0. The third-order valence-electron chi connectivity index (χ3n) is 4.52. The SMILES string of the molecule is Cc1cnn2cc(-c3cnn(C(F)(F)F)c3)nc(OC3(C)CC(N)C3)c12. The van der Waals surface area contributed by atoms with Crippen LogP contribution in [-0.2, 0) is 6.30 Å². The van der Waals surface area contributed by atoms with Crippen molar-refractivity contribution < 1.29 is 17.9 Å². The molecule has 0 radical (unpaired) electrons. The Morgan fingerprint density at radius 1 is 1.23 bits per heavy atom. The van der Waals surface area contributed by atoms with E-state index < -0.39 is 11.9 Å². The highest BCUT2D eigenvalue weighted by Gasteiger charge is 2.41. The highest BCUT2D eigenvalue weighted by atomic mass is 19.4. The Labute approximate surface area is 146 Å². The molecule has 7 nitrogen and oxygen atoms in total. The van der Waals surface area contributed by atoms with E-state index in [-0.39, 0.29) is 16.3 Å². The highest BCUT2D eigenvalue weighted by Crippen LogP contribution is 2.37. The minimum absolute atomic E-state index is 0.0602. The average molecular weight is 366 g/mol. The summed E-state index contributed by atoms with van der Waals surface area (Å²) in [5, 5.41) is 7.59. The molecular weight excluding hydrogens is 349 g/mol. The number of nitrogens with two attached hydrogens (primary N) is 1. The maximum Gasteiger partial charge on any atom is 0.504 e. The predicted molar refractivity (Wildman–Crippen MR) is 86.5 cm³/mol. The molecule has 1 aliphatic carbocycles. The summed E-state index contributed by atoms with van der Waals surface area (Å²) in [6.45, 7) is 3.81. The Hall–Kier alpha value is -2.62. The summed E-state index contributed by atoms with van der Waals surface area (Å²) < 4.78 is 46.0. The van der Waals surface area contributed by atoms with Gasteiger partial charge in [0.15, 0.2) is 0 Å². The fourth-order valence-electron chi connectivity index (χ4n) is 3.29. The van der Waals surface area contributed by atoms with Crippen LogP contribution in [0, 0.1) is 6.92 Å². The van der Waals surface area contributed by atoms with Gasteiger partial charge >= 0.3 is 6.30 Å². The Morgan fingerprint density at radius 2 is 1.96 bits per heavy atom. The number of aromatic nitrogens is 5. The summed E-state index contributed by atoms with van der Waals surface area (Å²) in [6, 6.07) is 0.0789. The molecule has 4 rings (SSSR count). The Balaban J connectivity index is 1.78. The third kappa shape index (κ3) is 2.79. The van der Waals surface area contributed by atoms with Crippen LogP contribution in [0.15, 0.2) is 24.8 Å². The standard InChI is InChI=1S/C16H17F3N6O/c1-9-5-21-24-8-12(10-6-22-25(7-10)16(17,18)19)23-14(13(9)24)26-15(2)3-11(20)4-15/h5-8,11H,3-4,20H2,1-2H3. The van der Waals surface area contributed by atoms with Crippen LogP contribution >= 0.6 is 0 Å². The van der Waals surface area contributed by atoms with Crippen molar-refractivity contribution in [3.05, 3.63) is 30.4 Å². The van der Waals surface area contributed by atoms with Gasteiger partial charge in [-0.3, -0.25) is 0 Å². The predicted octanol–water partition coefficient (Wildman–Crippen LogP) is 2.64. The van der Waals surface area contributed by atoms with Crippen LogP contribution < -0.4 is 10.5 Å². The van der Waals surface area contributed by atoms with Gasteiger partial charge < -0.3 is 10.5 Å². The van der Waals surface area contributed by atoms with Crippen molar-refractivity contribution in [2.45, 2.75) is 44.6 Å². The van der Waals surface area contributed by atoms with Gasteiger partial charge in [-0.05, 0) is 13.8 Å². The lowest BCUT2D eigenvalue weighted by Gasteiger charge is -2.42. The molecule has 0 aromatic carbocycles. The second-order valence-electron chi connectivity index (χ2n) is 6.91. The molecule has 3 aromatic heterocycles. The van der Waals surface area contributed by atoms with Crippen molar-refractivity contribution in [1.82, 2.24) is 24.4 Å². The number of hydrogen-bond donors (Lipinski definition) is 1. The molecule has 3 aromatic rings. The molecular formula is C16H17F3N6O. The smallest absolute Gasteiger partial charge is 0.470 e. The molecule has 0 spiro atoms. The number of fused-ring (bicyclic) bond motifs is 1. The quantitative estimate of drug-likeness (QED) is 0.770. The molecule has 10 heteroatoms. The van der Waals surface area contributed by atoms with Gasteiger partial charge in [-0.15, -0.1) is 13.2 Å². The largest absolute Gasteiger partial charge is 0.504 e. The summed E-state index contributed by atoms with van der Waals surface area (Å²) in [5.74, 6) is 0.326. The molecule has 1 aliphatic rings. The molecule has 0 atom stereocenters. The molecule has 3 heterocycles. The molecule has 0 bridgehead atoms. The van der Waals surface area contributed by atoms with E-state index in [1.54, 1.807) is 16.9 Å². The van der Waals surface area contributed by atoms with Crippen LogP contribution in [0.3, 0.4) is 0 Å². The van der Waals surface area contributed by atoms with Crippen LogP contribution in [0.2, 0.25) is 0 Å². The van der Waals surface area contributed by atoms with Crippen molar-refractivity contribution in [2.75, 3.05) is 0 Å². The lowest BCUT2D eigenvalue weighted by atomic mass is 9.77. The first-order valence-corrected chi connectivity index (χ1v) is 8.06. The van der Waals surface area contributed by atoms with Crippen molar-refractivity contribution in [1.29, 1.82) is 0 Å². The van der Waals surface area contributed by atoms with Crippen molar-refractivity contribution in [3.63, 3.8) is 0 Å². The van der Waals surface area contributed by atoms with E-state index >= 15 is 0 Å². The monoisotopic (exact) mass is 366 g/mol. The number of alkyl halides is 3. The zero-order valence-corrected chi connectivity index (χ0v) is 14.2. The first-order chi connectivity index (χ1) is 12.1. The number of nitrogens with zero attached hydrogens (tertiary/aromatic N) is 5. The number of rotatable bonds is 3. The lowest BCUT2D eigenvalue weighted by molar-refractivity contribution is -0.212. The summed E-state index contributed by atoms with van der Waals surface area (Å²) >= 11 is 0.